The van der Waals surface area contributed by atoms with Crippen LogP contribution in [0.3, 0.4) is 0 Å². The van der Waals surface area contributed by atoms with E-state index in [4.69, 9.17) is 29.6 Å². The normalized spacial score (nSPS) is 11.9. The third-order valence-electron chi connectivity index (χ3n) is 2.57. The SMILES string of the molecule is CCC(C)C(=O)Nc1ccc(C(N)=S)cc1Cl. The maximum Gasteiger partial charge on any atom is 0.227 e. The van der Waals surface area contributed by atoms with Crippen molar-refractivity contribution in [3.8, 4) is 0 Å². The molecule has 0 aliphatic rings. The summed E-state index contributed by atoms with van der Waals surface area (Å²) in [5.74, 6) is -0.0844. The lowest BCUT2D eigenvalue weighted by Gasteiger charge is -2.11. The highest BCUT2D eigenvalue weighted by Crippen LogP contribution is 2.23. The molecule has 0 aromatic heterocycles. The minimum atomic E-state index is -0.0440. The molecule has 0 fully saturated rings. The molecule has 0 saturated carbocycles. The quantitative estimate of drug-likeness (QED) is 0.827. The maximum absolute atomic E-state index is 11.7. The smallest absolute Gasteiger partial charge is 0.227 e. The maximum atomic E-state index is 11.7. The number of nitrogens with two attached hydrogens (primary N) is 1. The Hall–Kier alpha value is -1.13. The lowest BCUT2D eigenvalue weighted by Crippen LogP contribution is -2.20. The Kier molecular flexibility index (Phi) is 4.90. The summed E-state index contributed by atoms with van der Waals surface area (Å²) in [5.41, 5.74) is 6.76. The Balaban J connectivity index is 2.86. The van der Waals surface area contributed by atoms with Gasteiger partial charge in [0.15, 0.2) is 0 Å². The number of anilines is 1. The molecule has 0 aliphatic carbocycles. The van der Waals surface area contributed by atoms with E-state index in [1.54, 1.807) is 18.2 Å². The van der Waals surface area contributed by atoms with Gasteiger partial charge in [-0.25, -0.2) is 0 Å². The predicted octanol–water partition coefficient (Wildman–Crippen LogP) is 2.96. The Labute approximate surface area is 111 Å². The number of hydrogen-bond donors (Lipinski definition) is 2. The summed E-state index contributed by atoms with van der Waals surface area (Å²) < 4.78 is 0. The zero-order valence-corrected chi connectivity index (χ0v) is 11.4. The second kappa shape index (κ2) is 5.98. The third kappa shape index (κ3) is 3.68. The molecule has 5 heteroatoms. The van der Waals surface area contributed by atoms with Crippen LogP contribution >= 0.6 is 23.8 Å². The number of hydrogen-bond acceptors (Lipinski definition) is 2. The number of halogens is 1. The van der Waals surface area contributed by atoms with Crippen molar-refractivity contribution in [3.05, 3.63) is 28.8 Å². The molecule has 0 saturated heterocycles. The first kappa shape index (κ1) is 13.9. The van der Waals surface area contributed by atoms with E-state index in [0.717, 1.165) is 6.42 Å². The Morgan fingerprint density at radius 2 is 2.24 bits per heavy atom. The molecule has 1 aromatic rings. The fraction of sp³-hybridized carbons (Fsp3) is 0.333. The Morgan fingerprint density at radius 1 is 1.59 bits per heavy atom. The minimum absolute atomic E-state index is 0.0404. The van der Waals surface area contributed by atoms with Crippen LogP contribution in [-0.2, 0) is 4.79 Å². The van der Waals surface area contributed by atoms with Crippen LogP contribution in [0.25, 0.3) is 0 Å². The summed E-state index contributed by atoms with van der Waals surface area (Å²) in [6, 6.07) is 5.09. The van der Waals surface area contributed by atoms with Gasteiger partial charge in [-0.3, -0.25) is 4.79 Å². The Morgan fingerprint density at radius 3 is 2.71 bits per heavy atom. The van der Waals surface area contributed by atoms with Crippen molar-refractivity contribution in [1.82, 2.24) is 0 Å². The van der Waals surface area contributed by atoms with Crippen LogP contribution < -0.4 is 11.1 Å². The summed E-state index contributed by atoms with van der Waals surface area (Å²) >= 11 is 10.9. The van der Waals surface area contributed by atoms with Gasteiger partial charge in [-0.05, 0) is 24.6 Å². The van der Waals surface area contributed by atoms with Gasteiger partial charge in [-0.15, -0.1) is 0 Å². The molecule has 3 nitrogen and oxygen atoms in total. The molecular formula is C12H15ClN2OS. The molecular weight excluding hydrogens is 256 g/mol. The van der Waals surface area contributed by atoms with Gasteiger partial charge < -0.3 is 11.1 Å². The van der Waals surface area contributed by atoms with E-state index >= 15 is 0 Å². The largest absolute Gasteiger partial charge is 0.389 e. The van der Waals surface area contributed by atoms with E-state index in [1.165, 1.54) is 0 Å². The average Bonchev–Trinajstić information content (AvgIpc) is 2.30. The molecule has 1 atom stereocenters. The number of amides is 1. The second-order valence-electron chi connectivity index (χ2n) is 3.86. The topological polar surface area (TPSA) is 55.1 Å². The van der Waals surface area contributed by atoms with Gasteiger partial charge in [0.25, 0.3) is 0 Å². The molecule has 1 unspecified atom stereocenters. The highest BCUT2D eigenvalue weighted by atomic mass is 35.5. The first-order chi connectivity index (χ1) is 7.95. The van der Waals surface area contributed by atoms with Crippen LogP contribution in [0.1, 0.15) is 25.8 Å². The van der Waals surface area contributed by atoms with Crippen molar-refractivity contribution in [3.63, 3.8) is 0 Å². The fourth-order valence-corrected chi connectivity index (χ4v) is 1.57. The number of thiocarbonyl (C=S) groups is 1. The molecule has 3 N–H and O–H groups in total. The van der Waals surface area contributed by atoms with E-state index in [1.807, 2.05) is 13.8 Å². The zero-order chi connectivity index (χ0) is 13.0. The summed E-state index contributed by atoms with van der Waals surface area (Å²) in [6.07, 6.45) is 0.786. The molecule has 1 aromatic carbocycles. The van der Waals surface area contributed by atoms with E-state index in [2.05, 4.69) is 5.32 Å². The summed E-state index contributed by atoms with van der Waals surface area (Å²) in [6.45, 7) is 3.83. The van der Waals surface area contributed by atoms with E-state index in [0.29, 0.717) is 16.3 Å². The van der Waals surface area contributed by atoms with Gasteiger partial charge in [0.1, 0.15) is 4.99 Å². The van der Waals surface area contributed by atoms with Gasteiger partial charge in [-0.1, -0.05) is 37.7 Å². The molecule has 0 radical (unpaired) electrons. The first-order valence-corrected chi connectivity index (χ1v) is 6.14. The lowest BCUT2D eigenvalue weighted by molar-refractivity contribution is -0.119. The lowest BCUT2D eigenvalue weighted by atomic mass is 10.1. The van der Waals surface area contributed by atoms with Crippen LogP contribution in [0.2, 0.25) is 5.02 Å². The number of rotatable bonds is 4. The molecule has 1 amide bonds. The number of benzene rings is 1. The van der Waals surface area contributed by atoms with Gasteiger partial charge in [0.05, 0.1) is 10.7 Å². The van der Waals surface area contributed by atoms with E-state index in [-0.39, 0.29) is 16.8 Å². The summed E-state index contributed by atoms with van der Waals surface area (Å²) in [7, 11) is 0. The van der Waals surface area contributed by atoms with Gasteiger partial charge in [-0.2, -0.15) is 0 Å². The molecule has 0 bridgehead atoms. The van der Waals surface area contributed by atoms with Crippen molar-refractivity contribution < 1.29 is 4.79 Å². The molecule has 0 aliphatic heterocycles. The number of carbonyl (C=O) groups is 1. The fourth-order valence-electron chi connectivity index (χ4n) is 1.21. The van der Waals surface area contributed by atoms with Gasteiger partial charge >= 0.3 is 0 Å². The average molecular weight is 271 g/mol. The predicted molar refractivity (Wildman–Crippen MR) is 75.4 cm³/mol. The van der Waals surface area contributed by atoms with Crippen molar-refractivity contribution in [2.75, 3.05) is 5.32 Å². The van der Waals surface area contributed by atoms with Crippen LogP contribution in [0.4, 0.5) is 5.69 Å². The van der Waals surface area contributed by atoms with Gasteiger partial charge in [0.2, 0.25) is 5.91 Å². The van der Waals surface area contributed by atoms with Crippen LogP contribution in [-0.4, -0.2) is 10.9 Å². The molecule has 0 spiro atoms. The number of carbonyl (C=O) groups excluding carboxylic acids is 1. The number of nitrogens with one attached hydrogen (secondary N) is 1. The van der Waals surface area contributed by atoms with Crippen molar-refractivity contribution in [2.45, 2.75) is 20.3 Å². The highest BCUT2D eigenvalue weighted by molar-refractivity contribution is 7.80. The first-order valence-electron chi connectivity index (χ1n) is 5.36. The Bertz CT molecular complexity index is 448. The molecule has 17 heavy (non-hydrogen) atoms. The molecule has 92 valence electrons. The van der Waals surface area contributed by atoms with Crippen LogP contribution in [0.5, 0.6) is 0 Å². The summed E-state index contributed by atoms with van der Waals surface area (Å²) in [4.78, 5) is 12.0. The van der Waals surface area contributed by atoms with Crippen molar-refractivity contribution in [2.24, 2.45) is 11.7 Å². The van der Waals surface area contributed by atoms with Crippen LogP contribution in [0, 0.1) is 5.92 Å². The molecule has 0 heterocycles. The monoisotopic (exact) mass is 270 g/mol. The summed E-state index contributed by atoms with van der Waals surface area (Å²) in [5, 5.41) is 3.21. The van der Waals surface area contributed by atoms with Crippen LogP contribution in [0.15, 0.2) is 18.2 Å². The highest BCUT2D eigenvalue weighted by Gasteiger charge is 2.12. The minimum Gasteiger partial charge on any atom is -0.389 e. The van der Waals surface area contributed by atoms with E-state index in [9.17, 15) is 4.79 Å². The van der Waals surface area contributed by atoms with Crippen molar-refractivity contribution in [1.29, 1.82) is 0 Å². The second-order valence-corrected chi connectivity index (χ2v) is 4.70. The van der Waals surface area contributed by atoms with Gasteiger partial charge in [0, 0.05) is 11.5 Å². The molecule has 1 rings (SSSR count). The zero-order valence-electron chi connectivity index (χ0n) is 9.79. The standard InChI is InChI=1S/C12H15ClN2OS/c1-3-7(2)12(16)15-10-5-4-8(11(14)17)6-9(10)13/h4-7H,3H2,1-2H3,(H2,14,17)(H,15,16). The van der Waals surface area contributed by atoms with Crippen molar-refractivity contribution >= 4 is 40.4 Å². The third-order valence-corrected chi connectivity index (χ3v) is 3.12. The van der Waals surface area contributed by atoms with E-state index < -0.39 is 0 Å².